The van der Waals surface area contributed by atoms with E-state index >= 15 is 0 Å². The highest BCUT2D eigenvalue weighted by Gasteiger charge is 2.26. The summed E-state index contributed by atoms with van der Waals surface area (Å²) >= 11 is 6.45. The van der Waals surface area contributed by atoms with Crippen LogP contribution in [0, 0.1) is 17.5 Å². The van der Waals surface area contributed by atoms with Gasteiger partial charge >= 0.3 is 0 Å². The van der Waals surface area contributed by atoms with Crippen molar-refractivity contribution in [2.45, 2.75) is 12.5 Å². The quantitative estimate of drug-likeness (QED) is 0.286. The van der Waals surface area contributed by atoms with E-state index in [4.69, 9.17) is 22.1 Å². The molecule has 2 aromatic heterocycles. The van der Waals surface area contributed by atoms with Gasteiger partial charge in [-0.05, 0) is 48.4 Å². The lowest BCUT2D eigenvalue weighted by Crippen LogP contribution is -2.30. The fraction of sp³-hybridized carbons (Fsp3) is 0.192. The number of ether oxygens (including phenoxy) is 1. The first-order chi connectivity index (χ1) is 19.3. The molecule has 0 saturated carbocycles. The van der Waals surface area contributed by atoms with Crippen molar-refractivity contribution < 1.29 is 26.3 Å². The number of anilines is 1. The highest BCUT2D eigenvalue weighted by atomic mass is 35.5. The zero-order chi connectivity index (χ0) is 29.8. The molecule has 0 spiro atoms. The van der Waals surface area contributed by atoms with Crippen molar-refractivity contribution in [3.63, 3.8) is 0 Å². The number of benzene rings is 3. The topological polar surface area (TPSA) is 134 Å². The van der Waals surface area contributed by atoms with Crippen LogP contribution in [-0.4, -0.2) is 41.1 Å². The maximum Gasteiger partial charge on any atom is 0.266 e. The summed E-state index contributed by atoms with van der Waals surface area (Å²) in [5.41, 5.74) is 6.32. The normalized spacial score (nSPS) is 12.7. The molecule has 0 fully saturated rings. The predicted molar refractivity (Wildman–Crippen MR) is 149 cm³/mol. The van der Waals surface area contributed by atoms with Crippen LogP contribution in [0.1, 0.15) is 17.4 Å². The number of nitrogens with zero attached hydrogens (tertiary/aromatic N) is 4. The van der Waals surface area contributed by atoms with Crippen LogP contribution in [0.4, 0.5) is 19.0 Å². The van der Waals surface area contributed by atoms with Gasteiger partial charge in [0.1, 0.15) is 23.0 Å². The van der Waals surface area contributed by atoms with Gasteiger partial charge in [0.25, 0.3) is 5.56 Å². The van der Waals surface area contributed by atoms with Gasteiger partial charge in [0.2, 0.25) is 10.0 Å². The van der Waals surface area contributed by atoms with Crippen molar-refractivity contribution in [1.82, 2.24) is 19.3 Å². The summed E-state index contributed by atoms with van der Waals surface area (Å²) < 4.78 is 76.4. The Kier molecular flexibility index (Phi) is 7.17. The largest absolute Gasteiger partial charge is 0.491 e. The average Bonchev–Trinajstić information content (AvgIpc) is 3.18. The zero-order valence-corrected chi connectivity index (χ0v) is 23.3. The molecular weight excluding hydrogens is 585 g/mol. The molecule has 0 saturated heterocycles. The molecule has 5 aromatic rings. The van der Waals surface area contributed by atoms with E-state index in [1.54, 1.807) is 0 Å². The van der Waals surface area contributed by atoms with Crippen LogP contribution in [0.15, 0.2) is 47.3 Å². The highest BCUT2D eigenvalue weighted by Crippen LogP contribution is 2.36. The Balaban J connectivity index is 1.85. The van der Waals surface area contributed by atoms with Crippen molar-refractivity contribution in [2.75, 3.05) is 18.1 Å². The zero-order valence-electron chi connectivity index (χ0n) is 21.7. The lowest BCUT2D eigenvalue weighted by Gasteiger charge is -2.20. The van der Waals surface area contributed by atoms with Gasteiger partial charge in [0, 0.05) is 13.1 Å². The maximum absolute atomic E-state index is 14.6. The number of fused-ring (bicyclic) bond motifs is 2. The van der Waals surface area contributed by atoms with E-state index in [0.717, 1.165) is 29.0 Å². The lowest BCUT2D eigenvalue weighted by molar-refractivity contribution is 0.390. The third-order valence-corrected chi connectivity index (χ3v) is 7.20. The minimum Gasteiger partial charge on any atom is -0.491 e. The fourth-order valence-corrected chi connectivity index (χ4v) is 5.49. The molecule has 0 aliphatic carbocycles. The maximum atomic E-state index is 14.6. The van der Waals surface area contributed by atoms with E-state index in [2.05, 4.69) is 14.8 Å². The van der Waals surface area contributed by atoms with Gasteiger partial charge in [-0.3, -0.25) is 18.8 Å². The first kappa shape index (κ1) is 28.4. The SMILES string of the molecule is COc1c(F)ccc2c(=O)n(-c3ccc(Cl)c4c(NS(C)(=O)=O)nn(C)c34)c([C@@H](N)Cc3cc(F)cc(F)c3)nc12. The van der Waals surface area contributed by atoms with Crippen LogP contribution < -0.4 is 20.8 Å². The number of hydrogen-bond acceptors (Lipinski definition) is 7. The Morgan fingerprint density at radius 3 is 2.44 bits per heavy atom. The molecule has 0 unspecified atom stereocenters. The summed E-state index contributed by atoms with van der Waals surface area (Å²) in [5.74, 6) is -2.88. The molecule has 2 heterocycles. The van der Waals surface area contributed by atoms with Gasteiger partial charge in [-0.1, -0.05) is 11.6 Å². The van der Waals surface area contributed by atoms with Crippen molar-refractivity contribution >= 4 is 49.2 Å². The average molecular weight is 607 g/mol. The van der Waals surface area contributed by atoms with Crippen LogP contribution in [0.3, 0.4) is 0 Å². The number of aromatic nitrogens is 4. The number of sulfonamides is 1. The van der Waals surface area contributed by atoms with Gasteiger partial charge < -0.3 is 10.5 Å². The smallest absolute Gasteiger partial charge is 0.266 e. The number of halogens is 4. The minimum absolute atomic E-state index is 0.0178. The van der Waals surface area contributed by atoms with Gasteiger partial charge in [0.05, 0.1) is 46.4 Å². The molecular formula is C26H22ClF3N6O4S. The van der Waals surface area contributed by atoms with Gasteiger partial charge in [-0.2, -0.15) is 5.10 Å². The number of aryl methyl sites for hydroxylation is 1. The molecule has 0 aliphatic heterocycles. The molecule has 3 aromatic carbocycles. The summed E-state index contributed by atoms with van der Waals surface area (Å²) in [5, 5.41) is 4.54. The number of rotatable bonds is 7. The Morgan fingerprint density at radius 1 is 1.12 bits per heavy atom. The molecule has 10 nitrogen and oxygen atoms in total. The van der Waals surface area contributed by atoms with Crippen molar-refractivity contribution in [1.29, 1.82) is 0 Å². The van der Waals surface area contributed by atoms with E-state index in [0.29, 0.717) is 6.07 Å². The molecule has 0 bridgehead atoms. The van der Waals surface area contributed by atoms with Crippen LogP contribution in [0.25, 0.3) is 27.5 Å². The molecule has 3 N–H and O–H groups in total. The van der Waals surface area contributed by atoms with E-state index in [9.17, 15) is 26.4 Å². The highest BCUT2D eigenvalue weighted by molar-refractivity contribution is 7.92. The molecule has 5 rings (SSSR count). The van der Waals surface area contributed by atoms with E-state index in [1.165, 1.54) is 37.0 Å². The Morgan fingerprint density at radius 2 is 1.80 bits per heavy atom. The summed E-state index contributed by atoms with van der Waals surface area (Å²) in [7, 11) is -1.02. The number of methoxy groups -OCH3 is 1. The Bertz CT molecular complexity index is 2010. The third-order valence-electron chi connectivity index (χ3n) is 6.33. The summed E-state index contributed by atoms with van der Waals surface area (Å²) in [6.45, 7) is 0. The molecule has 214 valence electrons. The number of hydrogen-bond donors (Lipinski definition) is 2. The van der Waals surface area contributed by atoms with E-state index < -0.39 is 39.1 Å². The third kappa shape index (κ3) is 5.21. The predicted octanol–water partition coefficient (Wildman–Crippen LogP) is 3.97. The fourth-order valence-electron chi connectivity index (χ4n) is 4.75. The molecule has 41 heavy (non-hydrogen) atoms. The van der Waals surface area contributed by atoms with Crippen molar-refractivity contribution in [2.24, 2.45) is 12.8 Å². The molecule has 15 heteroatoms. The van der Waals surface area contributed by atoms with Crippen LogP contribution in [0.2, 0.25) is 5.02 Å². The van der Waals surface area contributed by atoms with Crippen LogP contribution in [-0.2, 0) is 23.5 Å². The minimum atomic E-state index is -3.76. The van der Waals surface area contributed by atoms with Crippen molar-refractivity contribution in [3.8, 4) is 11.4 Å². The lowest BCUT2D eigenvalue weighted by atomic mass is 10.0. The summed E-state index contributed by atoms with van der Waals surface area (Å²) in [4.78, 5) is 18.6. The Hall–Kier alpha value is -4.14. The van der Waals surface area contributed by atoms with Crippen LogP contribution >= 0.6 is 11.6 Å². The molecule has 0 radical (unpaired) electrons. The summed E-state index contributed by atoms with van der Waals surface area (Å²) in [6, 6.07) is 6.98. The molecule has 0 amide bonds. The first-order valence-electron chi connectivity index (χ1n) is 11.9. The van der Waals surface area contributed by atoms with Gasteiger partial charge in [-0.15, -0.1) is 0 Å². The second-order valence-electron chi connectivity index (χ2n) is 9.31. The van der Waals surface area contributed by atoms with Gasteiger partial charge in [0.15, 0.2) is 17.4 Å². The number of nitrogens with two attached hydrogens (primary N) is 1. The molecule has 1 atom stereocenters. The number of nitrogens with one attached hydrogen (secondary N) is 1. The second kappa shape index (κ2) is 10.4. The standard InChI is InChI=1S/C26H22ClF3N6O4S/c1-35-22-19(7-5-16(27)20(22)24(33-35)34-41(3,38)39)36-25(18(31)10-12-8-13(28)11-14(29)9-12)32-21-15(26(36)37)4-6-17(30)23(21)40-2/h4-9,11,18H,10,31H2,1-3H3,(H,33,34)/t18-/m0/s1. The van der Waals surface area contributed by atoms with Gasteiger partial charge in [-0.25, -0.2) is 26.6 Å². The summed E-state index contributed by atoms with van der Waals surface area (Å²) in [6.07, 6.45) is 0.787. The van der Waals surface area contributed by atoms with Crippen molar-refractivity contribution in [3.05, 3.63) is 86.7 Å². The van der Waals surface area contributed by atoms with E-state index in [-0.39, 0.29) is 61.9 Å². The second-order valence-corrected chi connectivity index (χ2v) is 11.5. The van der Waals surface area contributed by atoms with E-state index in [1.807, 2.05) is 0 Å². The first-order valence-corrected chi connectivity index (χ1v) is 14.2. The molecule has 0 aliphatic rings. The van der Waals surface area contributed by atoms with Crippen LogP contribution in [0.5, 0.6) is 5.75 Å². The Labute approximate surface area is 236 Å². The monoisotopic (exact) mass is 606 g/mol.